The van der Waals surface area contributed by atoms with Gasteiger partial charge in [0.1, 0.15) is 0 Å². The molecule has 0 aliphatic rings. The summed E-state index contributed by atoms with van der Waals surface area (Å²) in [6.45, 7) is 0.434. The van der Waals surface area contributed by atoms with Crippen molar-refractivity contribution in [3.8, 4) is 17.3 Å². The number of benzene rings is 1. The maximum absolute atomic E-state index is 12.1. The molecule has 0 saturated carbocycles. The molecule has 1 amide bonds. The van der Waals surface area contributed by atoms with Gasteiger partial charge in [0.2, 0.25) is 15.9 Å². The number of hydrogen-bond donors (Lipinski definition) is 1. The minimum atomic E-state index is -3.25. The fourth-order valence-electron chi connectivity index (χ4n) is 1.96. The quantitative estimate of drug-likeness (QED) is 0.779. The minimum Gasteiger partial charge on any atom is -0.481 e. The average molecular weight is 364 g/mol. The van der Waals surface area contributed by atoms with Gasteiger partial charge in [-0.15, -0.1) is 0 Å². The Morgan fingerprint density at radius 3 is 2.52 bits per heavy atom. The van der Waals surface area contributed by atoms with Crippen LogP contribution in [0.1, 0.15) is 10.4 Å². The van der Waals surface area contributed by atoms with Crippen LogP contribution in [0.5, 0.6) is 5.88 Å². The van der Waals surface area contributed by atoms with Crippen LogP contribution in [-0.4, -0.2) is 62.1 Å². The van der Waals surface area contributed by atoms with Gasteiger partial charge >= 0.3 is 0 Å². The molecule has 0 aliphatic carbocycles. The predicted octanol–water partition coefficient (Wildman–Crippen LogP) is 0.773. The van der Waals surface area contributed by atoms with Gasteiger partial charge in [0.05, 0.1) is 13.4 Å². The largest absolute Gasteiger partial charge is 0.481 e. The van der Waals surface area contributed by atoms with Gasteiger partial charge in [-0.3, -0.25) is 4.79 Å². The summed E-state index contributed by atoms with van der Waals surface area (Å²) in [5, 5.41) is 2.68. The highest BCUT2D eigenvalue weighted by Gasteiger charge is 2.12. The lowest BCUT2D eigenvalue weighted by atomic mass is 10.1. The van der Waals surface area contributed by atoms with Crippen LogP contribution in [0.15, 0.2) is 36.5 Å². The zero-order chi connectivity index (χ0) is 18.4. The first-order valence-corrected chi connectivity index (χ1v) is 9.33. The number of hydrogen-bond acceptors (Lipinski definition) is 6. The number of nitrogens with one attached hydrogen (secondary N) is 1. The number of carbonyl (C=O) groups excluding carboxylic acids is 1. The van der Waals surface area contributed by atoms with Crippen molar-refractivity contribution in [1.82, 2.24) is 19.6 Å². The normalized spacial score (nSPS) is 11.4. The number of likely N-dealkylation sites (N-methyl/N-ethyl adjacent to an activating group) is 1. The molecule has 9 heteroatoms. The fourth-order valence-corrected chi connectivity index (χ4v) is 2.38. The van der Waals surface area contributed by atoms with Crippen LogP contribution >= 0.6 is 0 Å². The summed E-state index contributed by atoms with van der Waals surface area (Å²) in [6.07, 6.45) is 2.72. The predicted molar refractivity (Wildman–Crippen MR) is 93.8 cm³/mol. The molecule has 0 radical (unpaired) electrons. The lowest BCUT2D eigenvalue weighted by molar-refractivity contribution is 0.0952. The Labute approximate surface area is 146 Å². The third-order valence-corrected chi connectivity index (χ3v) is 4.84. The standard InChI is InChI=1S/C16H20N4O4S/c1-20(25(3,22)23)11-10-18-16(21)13-6-4-12(5-7-13)15-17-9-8-14(19-15)24-2/h4-9H,10-11H2,1-3H3,(H,18,21). The molecule has 25 heavy (non-hydrogen) atoms. The van der Waals surface area contributed by atoms with E-state index in [9.17, 15) is 13.2 Å². The fraction of sp³-hybridized carbons (Fsp3) is 0.312. The van der Waals surface area contributed by atoms with Crippen molar-refractivity contribution in [2.45, 2.75) is 0 Å². The van der Waals surface area contributed by atoms with E-state index in [-0.39, 0.29) is 19.0 Å². The molecule has 1 N–H and O–H groups in total. The van der Waals surface area contributed by atoms with E-state index >= 15 is 0 Å². The Morgan fingerprint density at radius 1 is 1.24 bits per heavy atom. The highest BCUT2D eigenvalue weighted by Crippen LogP contribution is 2.17. The highest BCUT2D eigenvalue weighted by atomic mass is 32.2. The summed E-state index contributed by atoms with van der Waals surface area (Å²) >= 11 is 0. The van der Waals surface area contributed by atoms with Crippen molar-refractivity contribution in [3.63, 3.8) is 0 Å². The molecule has 0 aliphatic heterocycles. The third kappa shape index (κ3) is 5.23. The first-order chi connectivity index (χ1) is 11.8. The molecule has 1 heterocycles. The molecule has 1 aromatic carbocycles. The van der Waals surface area contributed by atoms with Crippen molar-refractivity contribution >= 4 is 15.9 Å². The van der Waals surface area contributed by atoms with E-state index in [1.165, 1.54) is 18.5 Å². The van der Waals surface area contributed by atoms with Crippen molar-refractivity contribution in [2.24, 2.45) is 0 Å². The minimum absolute atomic E-state index is 0.209. The number of amides is 1. The van der Waals surface area contributed by atoms with Crippen LogP contribution in [-0.2, 0) is 10.0 Å². The molecule has 1 aromatic heterocycles. The van der Waals surface area contributed by atoms with Crippen LogP contribution < -0.4 is 10.1 Å². The summed E-state index contributed by atoms with van der Waals surface area (Å²) in [6, 6.07) is 8.46. The van der Waals surface area contributed by atoms with Gasteiger partial charge in [-0.25, -0.2) is 17.7 Å². The Hall–Kier alpha value is -2.52. The maximum Gasteiger partial charge on any atom is 0.251 e. The smallest absolute Gasteiger partial charge is 0.251 e. The van der Waals surface area contributed by atoms with Crippen molar-refractivity contribution < 1.29 is 17.9 Å². The van der Waals surface area contributed by atoms with E-state index in [1.807, 2.05) is 0 Å². The number of aromatic nitrogens is 2. The molecular formula is C16H20N4O4S. The molecule has 0 fully saturated rings. The van der Waals surface area contributed by atoms with E-state index < -0.39 is 10.0 Å². The monoisotopic (exact) mass is 364 g/mol. The van der Waals surface area contributed by atoms with Gasteiger partial charge in [-0.05, 0) is 12.1 Å². The molecule has 0 unspecified atom stereocenters. The van der Waals surface area contributed by atoms with Gasteiger partial charge < -0.3 is 10.1 Å². The lowest BCUT2D eigenvalue weighted by Gasteiger charge is -2.14. The number of nitrogens with zero attached hydrogens (tertiary/aromatic N) is 3. The summed E-state index contributed by atoms with van der Waals surface area (Å²) in [5.74, 6) is 0.683. The van der Waals surface area contributed by atoms with Crippen LogP contribution in [0.4, 0.5) is 0 Å². The molecule has 2 rings (SSSR count). The van der Waals surface area contributed by atoms with E-state index in [1.54, 1.807) is 36.5 Å². The molecular weight excluding hydrogens is 344 g/mol. The summed E-state index contributed by atoms with van der Waals surface area (Å²) in [7, 11) is -0.258. The van der Waals surface area contributed by atoms with Gasteiger partial charge in [0.15, 0.2) is 5.82 Å². The average Bonchev–Trinajstić information content (AvgIpc) is 2.61. The SMILES string of the molecule is COc1ccnc(-c2ccc(C(=O)NCCN(C)S(C)(=O)=O)cc2)n1. The number of carbonyl (C=O) groups is 1. The molecule has 134 valence electrons. The number of rotatable bonds is 7. The second-order valence-electron chi connectivity index (χ2n) is 5.34. The topological polar surface area (TPSA) is 101 Å². The van der Waals surface area contributed by atoms with Crippen LogP contribution in [0.25, 0.3) is 11.4 Å². The molecule has 0 bridgehead atoms. The summed E-state index contributed by atoms with van der Waals surface area (Å²) in [4.78, 5) is 20.5. The van der Waals surface area contributed by atoms with E-state index in [0.717, 1.165) is 11.8 Å². The van der Waals surface area contributed by atoms with Crippen LogP contribution in [0, 0.1) is 0 Å². The van der Waals surface area contributed by atoms with Gasteiger partial charge in [0, 0.05) is 43.5 Å². The van der Waals surface area contributed by atoms with Crippen molar-refractivity contribution in [3.05, 3.63) is 42.1 Å². The Balaban J connectivity index is 1.98. The maximum atomic E-state index is 12.1. The van der Waals surface area contributed by atoms with Crippen molar-refractivity contribution in [1.29, 1.82) is 0 Å². The first-order valence-electron chi connectivity index (χ1n) is 7.48. The summed E-state index contributed by atoms with van der Waals surface area (Å²) < 4.78 is 28.8. The zero-order valence-electron chi connectivity index (χ0n) is 14.3. The van der Waals surface area contributed by atoms with Gasteiger partial charge in [-0.2, -0.15) is 4.98 Å². The molecule has 2 aromatic rings. The van der Waals surface area contributed by atoms with Crippen LogP contribution in [0.2, 0.25) is 0 Å². The van der Waals surface area contributed by atoms with Gasteiger partial charge in [-0.1, -0.05) is 12.1 Å². The highest BCUT2D eigenvalue weighted by molar-refractivity contribution is 7.88. The molecule has 0 spiro atoms. The number of methoxy groups -OCH3 is 1. The number of sulfonamides is 1. The molecule has 8 nitrogen and oxygen atoms in total. The van der Waals surface area contributed by atoms with Gasteiger partial charge in [0.25, 0.3) is 5.91 Å². The Bertz CT molecular complexity index is 837. The number of ether oxygens (including phenoxy) is 1. The molecule has 0 saturated heterocycles. The van der Waals surface area contributed by atoms with Crippen molar-refractivity contribution in [2.75, 3.05) is 33.5 Å². The lowest BCUT2D eigenvalue weighted by Crippen LogP contribution is -2.35. The zero-order valence-corrected chi connectivity index (χ0v) is 15.1. The first kappa shape index (κ1) is 18.8. The van der Waals surface area contributed by atoms with E-state index in [2.05, 4.69) is 15.3 Å². The Kier molecular flexibility index (Phi) is 6.05. The van der Waals surface area contributed by atoms with Crippen LogP contribution in [0.3, 0.4) is 0 Å². The summed E-state index contributed by atoms with van der Waals surface area (Å²) in [5.41, 5.74) is 1.22. The Morgan fingerprint density at radius 2 is 1.92 bits per heavy atom. The molecule has 0 atom stereocenters. The van der Waals surface area contributed by atoms with E-state index in [0.29, 0.717) is 17.3 Å². The van der Waals surface area contributed by atoms with E-state index in [4.69, 9.17) is 4.74 Å². The second-order valence-corrected chi connectivity index (χ2v) is 7.43. The third-order valence-electron chi connectivity index (χ3n) is 3.52. The second kappa shape index (κ2) is 8.04.